The second-order valence-corrected chi connectivity index (χ2v) is 13.7. The Morgan fingerprint density at radius 1 is 1.08 bits per heavy atom. The number of ketones is 1. The lowest BCUT2D eigenvalue weighted by molar-refractivity contribution is -0.146. The summed E-state index contributed by atoms with van der Waals surface area (Å²) in [6, 6.07) is 0. The predicted molar refractivity (Wildman–Crippen MR) is 99.0 cm³/mol. The number of epoxide rings is 1. The van der Waals surface area contributed by atoms with Gasteiger partial charge < -0.3 is 13.9 Å². The SMILES string of the molecule is CC(C)(C)[Si](C)(C)OC1CCCCCCOC(=O)CC(=O)C2OC2C1. The molecular weight excluding hydrogens is 336 g/mol. The summed E-state index contributed by atoms with van der Waals surface area (Å²) in [5.41, 5.74) is 0. The van der Waals surface area contributed by atoms with E-state index >= 15 is 0 Å². The molecule has 0 aliphatic carbocycles. The topological polar surface area (TPSA) is 65.1 Å². The molecule has 0 radical (unpaired) electrons. The molecule has 0 bridgehead atoms. The zero-order valence-corrected chi connectivity index (χ0v) is 17.4. The van der Waals surface area contributed by atoms with Crippen LogP contribution in [0.15, 0.2) is 0 Å². The van der Waals surface area contributed by atoms with Crippen molar-refractivity contribution in [2.75, 3.05) is 6.61 Å². The Labute approximate surface area is 152 Å². The summed E-state index contributed by atoms with van der Waals surface area (Å²) in [6.45, 7) is 11.7. The molecule has 6 heteroatoms. The van der Waals surface area contributed by atoms with Gasteiger partial charge in [-0.15, -0.1) is 0 Å². The van der Waals surface area contributed by atoms with Crippen LogP contribution < -0.4 is 0 Å². The predicted octanol–water partition coefficient (Wildman–Crippen LogP) is 4.00. The molecule has 0 amide bonds. The van der Waals surface area contributed by atoms with Gasteiger partial charge in [-0.2, -0.15) is 0 Å². The summed E-state index contributed by atoms with van der Waals surface area (Å²) in [6.07, 6.45) is 5.28. The molecule has 0 N–H and O–H groups in total. The smallest absolute Gasteiger partial charge is 0.313 e. The van der Waals surface area contributed by atoms with Gasteiger partial charge in [0.05, 0.1) is 12.7 Å². The average Bonchev–Trinajstić information content (AvgIpc) is 3.23. The molecule has 3 unspecified atom stereocenters. The minimum Gasteiger partial charge on any atom is -0.465 e. The van der Waals surface area contributed by atoms with E-state index in [0.29, 0.717) is 6.61 Å². The maximum atomic E-state index is 12.1. The van der Waals surface area contributed by atoms with E-state index in [-0.39, 0.29) is 29.5 Å². The molecular formula is C19H34O5Si. The van der Waals surface area contributed by atoms with Crippen LogP contribution >= 0.6 is 0 Å². The third-order valence-electron chi connectivity index (χ3n) is 5.66. The van der Waals surface area contributed by atoms with Crippen LogP contribution in [0.5, 0.6) is 0 Å². The highest BCUT2D eigenvalue weighted by Gasteiger charge is 2.47. The summed E-state index contributed by atoms with van der Waals surface area (Å²) >= 11 is 0. The summed E-state index contributed by atoms with van der Waals surface area (Å²) in [4.78, 5) is 23.8. The Balaban J connectivity index is 1.99. The van der Waals surface area contributed by atoms with Crippen molar-refractivity contribution >= 4 is 20.1 Å². The minimum atomic E-state index is -1.85. The zero-order chi connectivity index (χ0) is 18.7. The molecule has 5 nitrogen and oxygen atoms in total. The van der Waals surface area contributed by atoms with E-state index in [9.17, 15) is 9.59 Å². The van der Waals surface area contributed by atoms with Crippen LogP contribution in [0.2, 0.25) is 18.1 Å². The molecule has 2 aliphatic rings. The Morgan fingerprint density at radius 2 is 1.76 bits per heavy atom. The molecule has 2 aliphatic heterocycles. The summed E-state index contributed by atoms with van der Waals surface area (Å²) in [7, 11) is -1.85. The van der Waals surface area contributed by atoms with Crippen molar-refractivity contribution < 1.29 is 23.5 Å². The van der Waals surface area contributed by atoms with Crippen LogP contribution in [0.25, 0.3) is 0 Å². The number of hydrogen-bond acceptors (Lipinski definition) is 5. The molecule has 2 saturated heterocycles. The third kappa shape index (κ3) is 6.18. The van der Waals surface area contributed by atoms with E-state index < -0.39 is 20.4 Å². The molecule has 0 aromatic rings. The van der Waals surface area contributed by atoms with Gasteiger partial charge in [-0.05, 0) is 31.0 Å². The molecule has 0 aromatic heterocycles. The van der Waals surface area contributed by atoms with E-state index in [0.717, 1.165) is 38.5 Å². The monoisotopic (exact) mass is 370 g/mol. The first kappa shape index (κ1) is 20.6. The number of fused-ring (bicyclic) bond motifs is 1. The van der Waals surface area contributed by atoms with E-state index in [2.05, 4.69) is 33.9 Å². The van der Waals surface area contributed by atoms with Crippen LogP contribution in [0.4, 0.5) is 0 Å². The average molecular weight is 371 g/mol. The molecule has 0 saturated carbocycles. The van der Waals surface area contributed by atoms with Crippen molar-refractivity contribution in [2.24, 2.45) is 0 Å². The molecule has 3 atom stereocenters. The first-order valence-corrected chi connectivity index (χ1v) is 12.5. The van der Waals surface area contributed by atoms with Crippen LogP contribution in [-0.4, -0.2) is 45.0 Å². The second kappa shape index (κ2) is 8.31. The standard InChI is InChI=1S/C19H34O5Si/c1-19(2,3)25(4,5)24-14-10-8-6-7-9-11-22-17(21)13-15(20)18-16(12-14)23-18/h14,16,18H,6-13H2,1-5H3. The number of carbonyl (C=O) groups excluding carboxylic acids is 2. The van der Waals surface area contributed by atoms with E-state index in [1.54, 1.807) is 0 Å². The maximum absolute atomic E-state index is 12.1. The first-order chi connectivity index (χ1) is 11.6. The van der Waals surface area contributed by atoms with Crippen molar-refractivity contribution in [1.82, 2.24) is 0 Å². The van der Waals surface area contributed by atoms with Crippen LogP contribution in [0, 0.1) is 0 Å². The van der Waals surface area contributed by atoms with E-state index in [1.165, 1.54) is 0 Å². The van der Waals surface area contributed by atoms with E-state index in [1.807, 2.05) is 0 Å². The van der Waals surface area contributed by atoms with Gasteiger partial charge in [-0.25, -0.2) is 0 Å². The van der Waals surface area contributed by atoms with Gasteiger partial charge in [0.1, 0.15) is 12.5 Å². The van der Waals surface area contributed by atoms with Gasteiger partial charge >= 0.3 is 5.97 Å². The van der Waals surface area contributed by atoms with Gasteiger partial charge in [-0.1, -0.05) is 40.0 Å². The Hall–Kier alpha value is -0.723. The minimum absolute atomic E-state index is 0.0991. The Morgan fingerprint density at radius 3 is 2.44 bits per heavy atom. The molecule has 2 fully saturated rings. The van der Waals surface area contributed by atoms with Gasteiger partial charge in [0, 0.05) is 12.5 Å². The fourth-order valence-electron chi connectivity index (χ4n) is 2.99. The van der Waals surface area contributed by atoms with E-state index in [4.69, 9.17) is 13.9 Å². The number of hydrogen-bond donors (Lipinski definition) is 0. The normalized spacial score (nSPS) is 30.2. The lowest BCUT2D eigenvalue weighted by atomic mass is 10.0. The first-order valence-electron chi connectivity index (χ1n) is 9.62. The van der Waals surface area contributed by atoms with Crippen LogP contribution in [0.1, 0.15) is 65.7 Å². The van der Waals surface area contributed by atoms with Crippen LogP contribution in [0.3, 0.4) is 0 Å². The summed E-state index contributed by atoms with van der Waals surface area (Å²) < 4.78 is 17.3. The number of rotatable bonds is 2. The molecule has 0 aromatic carbocycles. The van der Waals surface area contributed by atoms with Crippen LogP contribution in [-0.2, 0) is 23.5 Å². The van der Waals surface area contributed by atoms with Gasteiger partial charge in [0.2, 0.25) is 0 Å². The highest BCUT2D eigenvalue weighted by molar-refractivity contribution is 6.74. The summed E-state index contributed by atoms with van der Waals surface area (Å²) in [5, 5.41) is 0.162. The molecule has 144 valence electrons. The Bertz CT molecular complexity index is 483. The van der Waals surface area contributed by atoms with Crippen molar-refractivity contribution in [2.45, 2.75) is 102 Å². The number of ether oxygens (including phenoxy) is 2. The lowest BCUT2D eigenvalue weighted by Crippen LogP contribution is -2.44. The van der Waals surface area contributed by atoms with Crippen molar-refractivity contribution in [3.8, 4) is 0 Å². The fraction of sp³-hybridized carbons (Fsp3) is 0.895. The summed E-state index contributed by atoms with van der Waals surface area (Å²) in [5.74, 6) is -0.580. The van der Waals surface area contributed by atoms with Gasteiger partial charge in [0.25, 0.3) is 0 Å². The van der Waals surface area contributed by atoms with Gasteiger partial charge in [-0.3, -0.25) is 9.59 Å². The largest absolute Gasteiger partial charge is 0.465 e. The van der Waals surface area contributed by atoms with Crippen molar-refractivity contribution in [3.05, 3.63) is 0 Å². The fourth-order valence-corrected chi connectivity index (χ4v) is 4.39. The van der Waals surface area contributed by atoms with Crippen molar-refractivity contribution in [1.29, 1.82) is 0 Å². The highest BCUT2D eigenvalue weighted by atomic mass is 28.4. The zero-order valence-electron chi connectivity index (χ0n) is 16.4. The quantitative estimate of drug-likeness (QED) is 0.318. The number of esters is 1. The second-order valence-electron chi connectivity index (χ2n) is 8.90. The molecule has 2 heterocycles. The highest BCUT2D eigenvalue weighted by Crippen LogP contribution is 2.39. The molecule has 0 spiro atoms. The maximum Gasteiger partial charge on any atom is 0.313 e. The van der Waals surface area contributed by atoms with Gasteiger partial charge in [0.15, 0.2) is 14.1 Å². The van der Waals surface area contributed by atoms with Crippen molar-refractivity contribution in [3.63, 3.8) is 0 Å². The Kier molecular flexibility index (Phi) is 6.85. The lowest BCUT2D eigenvalue weighted by Gasteiger charge is -2.39. The number of cyclic esters (lactones) is 1. The molecule has 2 rings (SSSR count). The third-order valence-corrected chi connectivity index (χ3v) is 10.2. The molecule has 25 heavy (non-hydrogen) atoms. The number of carbonyl (C=O) groups is 2. The number of Topliss-reactive ketones (excluding diaryl/α,β-unsaturated/α-hetero) is 1.